The number of aryl methyl sites for hydroxylation is 1. The Bertz CT molecular complexity index is 593. The van der Waals surface area contributed by atoms with E-state index in [-0.39, 0.29) is 11.4 Å². The summed E-state index contributed by atoms with van der Waals surface area (Å²) >= 11 is 8.23. The maximum absolute atomic E-state index is 6.42. The molecule has 116 valence electrons. The summed E-state index contributed by atoms with van der Waals surface area (Å²) in [7, 11) is 0. The van der Waals surface area contributed by atoms with Gasteiger partial charge in [-0.3, -0.25) is 0 Å². The van der Waals surface area contributed by atoms with Gasteiger partial charge in [-0.05, 0) is 24.1 Å². The summed E-state index contributed by atoms with van der Waals surface area (Å²) in [5.74, 6) is 0. The maximum Gasteiger partial charge on any atom is 0.0862 e. The second kappa shape index (κ2) is 7.51. The first-order valence-electron chi connectivity index (χ1n) is 7.55. The van der Waals surface area contributed by atoms with Gasteiger partial charge in [0.25, 0.3) is 0 Å². The van der Waals surface area contributed by atoms with Crippen LogP contribution in [-0.4, -0.2) is 25.8 Å². The number of hydrogen-bond donors (Lipinski definition) is 1. The molecule has 4 heteroatoms. The van der Waals surface area contributed by atoms with Gasteiger partial charge in [0.05, 0.1) is 23.0 Å². The summed E-state index contributed by atoms with van der Waals surface area (Å²) in [4.78, 5) is 1.15. The molecular weight excluding hydrogens is 314 g/mol. The minimum Gasteiger partial charge on any atom is -0.374 e. The predicted molar refractivity (Wildman–Crippen MR) is 93.8 cm³/mol. The van der Waals surface area contributed by atoms with Crippen LogP contribution in [0.4, 0.5) is 0 Å². The van der Waals surface area contributed by atoms with Crippen LogP contribution in [0.3, 0.4) is 0 Å². The summed E-state index contributed by atoms with van der Waals surface area (Å²) < 4.78 is 6.02. The lowest BCUT2D eigenvalue weighted by molar-refractivity contribution is 0.0273. The lowest BCUT2D eigenvalue weighted by Crippen LogP contribution is -2.41. The van der Waals surface area contributed by atoms with Crippen molar-refractivity contribution in [1.82, 2.24) is 5.32 Å². The zero-order valence-corrected chi connectivity index (χ0v) is 14.2. The molecule has 0 aliphatic carbocycles. The standard InChI is InChI=1S/C18H20ClNOS/c1-13-6-5-9-15(19)17(13)22-18(14-7-3-2-4-8-14)16-12-20-10-11-21-16/h2-9,16,18,20H,10-12H2,1H3/t16-,18-/m1/s1. The van der Waals surface area contributed by atoms with Crippen molar-refractivity contribution in [2.75, 3.05) is 19.7 Å². The van der Waals surface area contributed by atoms with Gasteiger partial charge in [-0.15, -0.1) is 11.8 Å². The van der Waals surface area contributed by atoms with Crippen molar-refractivity contribution in [3.05, 3.63) is 64.7 Å². The second-order valence-electron chi connectivity index (χ2n) is 5.45. The largest absolute Gasteiger partial charge is 0.374 e. The minimum atomic E-state index is 0.150. The minimum absolute atomic E-state index is 0.150. The Morgan fingerprint density at radius 1 is 1.18 bits per heavy atom. The molecule has 22 heavy (non-hydrogen) atoms. The molecule has 2 nitrogen and oxygen atoms in total. The van der Waals surface area contributed by atoms with Gasteiger partial charge < -0.3 is 10.1 Å². The topological polar surface area (TPSA) is 21.3 Å². The number of halogens is 1. The SMILES string of the molecule is Cc1cccc(Cl)c1S[C@H](c1ccccc1)[C@H]1CNCCO1. The van der Waals surface area contributed by atoms with E-state index in [1.54, 1.807) is 11.8 Å². The third kappa shape index (κ3) is 3.66. The van der Waals surface area contributed by atoms with Crippen LogP contribution in [0.2, 0.25) is 5.02 Å². The van der Waals surface area contributed by atoms with Crippen LogP contribution >= 0.6 is 23.4 Å². The summed E-state index contributed by atoms with van der Waals surface area (Å²) in [6, 6.07) is 16.6. The van der Waals surface area contributed by atoms with Crippen molar-refractivity contribution in [1.29, 1.82) is 0 Å². The first-order valence-corrected chi connectivity index (χ1v) is 8.80. The second-order valence-corrected chi connectivity index (χ2v) is 7.01. The molecule has 2 aromatic rings. The highest BCUT2D eigenvalue weighted by molar-refractivity contribution is 7.99. The van der Waals surface area contributed by atoms with Crippen molar-refractivity contribution in [2.24, 2.45) is 0 Å². The highest BCUT2D eigenvalue weighted by Crippen LogP contribution is 2.43. The summed E-state index contributed by atoms with van der Waals surface area (Å²) in [5, 5.41) is 4.47. The summed E-state index contributed by atoms with van der Waals surface area (Å²) in [5.41, 5.74) is 2.49. The van der Waals surface area contributed by atoms with Crippen LogP contribution in [0.15, 0.2) is 53.4 Å². The van der Waals surface area contributed by atoms with Crippen LogP contribution < -0.4 is 5.32 Å². The maximum atomic E-state index is 6.42. The van der Waals surface area contributed by atoms with Crippen molar-refractivity contribution in [3.8, 4) is 0 Å². The van der Waals surface area contributed by atoms with Crippen molar-refractivity contribution < 1.29 is 4.74 Å². The fourth-order valence-electron chi connectivity index (χ4n) is 2.67. The molecule has 1 heterocycles. The van der Waals surface area contributed by atoms with Gasteiger partial charge in [-0.1, -0.05) is 54.1 Å². The van der Waals surface area contributed by atoms with Crippen LogP contribution in [0.25, 0.3) is 0 Å². The van der Waals surface area contributed by atoms with Gasteiger partial charge in [-0.25, -0.2) is 0 Å². The molecule has 1 N–H and O–H groups in total. The molecular formula is C18H20ClNOS. The Hall–Kier alpha value is -1.00. The highest BCUT2D eigenvalue weighted by Gasteiger charge is 2.28. The molecule has 2 aromatic carbocycles. The molecule has 0 radical (unpaired) electrons. The molecule has 0 bridgehead atoms. The smallest absolute Gasteiger partial charge is 0.0862 e. The Morgan fingerprint density at radius 3 is 2.68 bits per heavy atom. The van der Waals surface area contributed by atoms with Crippen LogP contribution in [-0.2, 0) is 4.74 Å². The molecule has 2 atom stereocenters. The molecule has 1 aliphatic heterocycles. The molecule has 0 spiro atoms. The molecule has 1 saturated heterocycles. The third-order valence-electron chi connectivity index (χ3n) is 3.83. The van der Waals surface area contributed by atoms with E-state index in [1.807, 2.05) is 18.2 Å². The quantitative estimate of drug-likeness (QED) is 0.834. The normalized spacial score (nSPS) is 19.8. The van der Waals surface area contributed by atoms with E-state index in [1.165, 1.54) is 11.1 Å². The number of nitrogens with one attached hydrogen (secondary N) is 1. The molecule has 1 aliphatic rings. The lowest BCUT2D eigenvalue weighted by Gasteiger charge is -2.31. The van der Waals surface area contributed by atoms with Gasteiger partial charge in [-0.2, -0.15) is 0 Å². The molecule has 0 aromatic heterocycles. The number of morpholine rings is 1. The average Bonchev–Trinajstić information content (AvgIpc) is 2.56. The molecule has 0 saturated carbocycles. The average molecular weight is 334 g/mol. The predicted octanol–water partition coefficient (Wildman–Crippen LogP) is 4.47. The molecule has 1 fully saturated rings. The fourth-order valence-corrected chi connectivity index (χ4v) is 4.34. The monoisotopic (exact) mass is 333 g/mol. The third-order valence-corrected chi connectivity index (χ3v) is 5.87. The first-order chi connectivity index (χ1) is 10.8. The van der Waals surface area contributed by atoms with E-state index >= 15 is 0 Å². The van der Waals surface area contributed by atoms with Gasteiger partial charge >= 0.3 is 0 Å². The molecule has 0 amide bonds. The van der Waals surface area contributed by atoms with E-state index in [4.69, 9.17) is 16.3 Å². The van der Waals surface area contributed by atoms with E-state index < -0.39 is 0 Å². The Kier molecular flexibility index (Phi) is 5.42. The van der Waals surface area contributed by atoms with Crippen molar-refractivity contribution in [3.63, 3.8) is 0 Å². The first kappa shape index (κ1) is 15.9. The van der Waals surface area contributed by atoms with E-state index in [2.05, 4.69) is 42.6 Å². The van der Waals surface area contributed by atoms with E-state index in [0.29, 0.717) is 0 Å². The summed E-state index contributed by atoms with van der Waals surface area (Å²) in [6.45, 7) is 4.66. The van der Waals surface area contributed by atoms with Crippen molar-refractivity contribution in [2.45, 2.75) is 23.2 Å². The van der Waals surface area contributed by atoms with Gasteiger partial charge in [0.2, 0.25) is 0 Å². The highest BCUT2D eigenvalue weighted by atomic mass is 35.5. The van der Waals surface area contributed by atoms with Crippen LogP contribution in [0.5, 0.6) is 0 Å². The van der Waals surface area contributed by atoms with Gasteiger partial charge in [0.1, 0.15) is 0 Å². The Balaban J connectivity index is 1.91. The fraction of sp³-hybridized carbons (Fsp3) is 0.333. The molecule has 0 unspecified atom stereocenters. The van der Waals surface area contributed by atoms with Crippen molar-refractivity contribution >= 4 is 23.4 Å². The zero-order chi connectivity index (χ0) is 15.4. The Morgan fingerprint density at radius 2 is 2.00 bits per heavy atom. The number of hydrogen-bond acceptors (Lipinski definition) is 3. The lowest BCUT2D eigenvalue weighted by atomic mass is 10.1. The number of benzene rings is 2. The summed E-state index contributed by atoms with van der Waals surface area (Å²) in [6.07, 6.45) is 0.150. The van der Waals surface area contributed by atoms with Gasteiger partial charge in [0.15, 0.2) is 0 Å². The van der Waals surface area contributed by atoms with E-state index in [0.717, 1.165) is 29.6 Å². The van der Waals surface area contributed by atoms with Crippen LogP contribution in [0, 0.1) is 6.92 Å². The van der Waals surface area contributed by atoms with Gasteiger partial charge in [0, 0.05) is 18.0 Å². The zero-order valence-electron chi connectivity index (χ0n) is 12.6. The number of thioether (sulfide) groups is 1. The Labute approximate surface area is 141 Å². The van der Waals surface area contributed by atoms with Crippen LogP contribution in [0.1, 0.15) is 16.4 Å². The van der Waals surface area contributed by atoms with E-state index in [9.17, 15) is 0 Å². The number of ether oxygens (including phenoxy) is 1. The number of rotatable bonds is 4. The molecule has 3 rings (SSSR count).